The highest BCUT2D eigenvalue weighted by molar-refractivity contribution is 6.44. The monoisotopic (exact) mass is 406 g/mol. The number of fused-ring (bicyclic) bond motifs is 1. The fraction of sp³-hybridized carbons (Fsp3) is 0.316. The Morgan fingerprint density at radius 3 is 2.89 bits per heavy atom. The van der Waals surface area contributed by atoms with Crippen molar-refractivity contribution in [1.29, 1.82) is 0 Å². The first-order valence-corrected chi connectivity index (χ1v) is 9.57. The number of nitrogens with zero attached hydrogens (tertiary/aromatic N) is 2. The van der Waals surface area contributed by atoms with E-state index in [-0.39, 0.29) is 5.91 Å². The summed E-state index contributed by atoms with van der Waals surface area (Å²) < 4.78 is 5.42. The number of carbonyl (C=O) groups excluding carboxylic acids is 1. The van der Waals surface area contributed by atoms with Gasteiger partial charge in [-0.1, -0.05) is 35.3 Å². The molecule has 27 heavy (non-hydrogen) atoms. The van der Waals surface area contributed by atoms with Crippen molar-refractivity contribution in [3.8, 4) is 0 Å². The molecule has 0 saturated carbocycles. The van der Waals surface area contributed by atoms with Gasteiger partial charge in [0.1, 0.15) is 0 Å². The van der Waals surface area contributed by atoms with E-state index in [0.29, 0.717) is 15.7 Å². The van der Waals surface area contributed by atoms with E-state index in [1.165, 1.54) is 0 Å². The lowest BCUT2D eigenvalue weighted by Gasteiger charge is -2.27. The van der Waals surface area contributed by atoms with Crippen LogP contribution in [0.3, 0.4) is 0 Å². The van der Waals surface area contributed by atoms with Crippen molar-refractivity contribution in [3.63, 3.8) is 0 Å². The van der Waals surface area contributed by atoms with Gasteiger partial charge in [0.15, 0.2) is 6.17 Å². The number of morpholine rings is 1. The minimum atomic E-state index is -0.549. The molecule has 1 amide bonds. The van der Waals surface area contributed by atoms with Gasteiger partial charge in [-0.25, -0.2) is 0 Å². The Labute approximate surface area is 168 Å². The standard InChI is InChI=1S/C19H20Cl2N4O2/c20-13-4-3-5-14(17(13)21)23-19(26)18-22-15(12-24-8-10-27-11-9-24)16-6-1-2-7-25(16)18/h1-7,18,22H,8-12H2,(H,23,26). The number of nitrogens with one attached hydrogen (secondary N) is 2. The van der Waals surface area contributed by atoms with Crippen LogP contribution < -0.4 is 10.6 Å². The maximum absolute atomic E-state index is 12.9. The third kappa shape index (κ3) is 3.84. The van der Waals surface area contributed by atoms with Crippen LogP contribution in [0.25, 0.3) is 0 Å². The highest BCUT2D eigenvalue weighted by Gasteiger charge is 2.35. The van der Waals surface area contributed by atoms with E-state index in [2.05, 4.69) is 15.5 Å². The quantitative estimate of drug-likeness (QED) is 0.804. The predicted molar refractivity (Wildman–Crippen MR) is 106 cm³/mol. The van der Waals surface area contributed by atoms with Crippen molar-refractivity contribution < 1.29 is 9.53 Å². The van der Waals surface area contributed by atoms with Crippen LogP contribution >= 0.6 is 23.2 Å². The summed E-state index contributed by atoms with van der Waals surface area (Å²) in [6, 6.07) is 5.17. The summed E-state index contributed by atoms with van der Waals surface area (Å²) in [5, 5.41) is 6.98. The van der Waals surface area contributed by atoms with Crippen LogP contribution in [0, 0.1) is 0 Å². The van der Waals surface area contributed by atoms with Gasteiger partial charge in [-0.05, 0) is 24.3 Å². The number of benzene rings is 1. The zero-order valence-electron chi connectivity index (χ0n) is 14.6. The van der Waals surface area contributed by atoms with E-state index in [9.17, 15) is 4.79 Å². The van der Waals surface area contributed by atoms with Crippen LogP contribution in [-0.2, 0) is 9.53 Å². The van der Waals surface area contributed by atoms with Crippen LogP contribution in [-0.4, -0.2) is 54.7 Å². The average molecular weight is 407 g/mol. The number of halogens is 2. The Balaban J connectivity index is 1.50. The fourth-order valence-electron chi connectivity index (χ4n) is 3.35. The van der Waals surface area contributed by atoms with Gasteiger partial charge in [0, 0.05) is 25.8 Å². The molecule has 142 valence electrons. The van der Waals surface area contributed by atoms with E-state index in [4.69, 9.17) is 27.9 Å². The van der Waals surface area contributed by atoms with Gasteiger partial charge >= 0.3 is 0 Å². The molecule has 0 radical (unpaired) electrons. The van der Waals surface area contributed by atoms with Gasteiger partial charge in [-0.2, -0.15) is 0 Å². The second-order valence-electron chi connectivity index (χ2n) is 6.50. The zero-order chi connectivity index (χ0) is 18.8. The van der Waals surface area contributed by atoms with Gasteiger partial charge in [0.2, 0.25) is 0 Å². The summed E-state index contributed by atoms with van der Waals surface area (Å²) in [6.45, 7) is 3.98. The van der Waals surface area contributed by atoms with E-state index in [0.717, 1.165) is 44.2 Å². The molecule has 1 atom stereocenters. The fourth-order valence-corrected chi connectivity index (χ4v) is 3.70. The third-order valence-corrected chi connectivity index (χ3v) is 5.55. The third-order valence-electron chi connectivity index (χ3n) is 4.73. The smallest absolute Gasteiger partial charge is 0.268 e. The lowest BCUT2D eigenvalue weighted by molar-refractivity contribution is -0.120. The number of rotatable bonds is 4. The normalized spacial score (nSPS) is 22.0. The van der Waals surface area contributed by atoms with Crippen molar-refractivity contribution in [2.45, 2.75) is 6.17 Å². The predicted octanol–water partition coefficient (Wildman–Crippen LogP) is 2.79. The number of carbonyl (C=O) groups is 1. The van der Waals surface area contributed by atoms with Crippen LogP contribution in [0.4, 0.5) is 5.69 Å². The maximum atomic E-state index is 12.9. The average Bonchev–Trinajstić information content (AvgIpc) is 3.05. The van der Waals surface area contributed by atoms with Crippen molar-refractivity contribution in [2.75, 3.05) is 38.2 Å². The minimum absolute atomic E-state index is 0.200. The summed E-state index contributed by atoms with van der Waals surface area (Å²) in [5.41, 5.74) is 2.52. The molecular weight excluding hydrogens is 387 g/mol. The van der Waals surface area contributed by atoms with E-state index < -0.39 is 6.17 Å². The largest absolute Gasteiger partial charge is 0.379 e. The van der Waals surface area contributed by atoms with Gasteiger partial charge in [0.05, 0.1) is 40.3 Å². The summed E-state index contributed by atoms with van der Waals surface area (Å²) >= 11 is 12.2. The molecule has 0 aliphatic carbocycles. The topological polar surface area (TPSA) is 56.8 Å². The number of hydrogen-bond acceptors (Lipinski definition) is 5. The highest BCUT2D eigenvalue weighted by Crippen LogP contribution is 2.31. The van der Waals surface area contributed by atoms with Crippen LogP contribution in [0.2, 0.25) is 10.0 Å². The Morgan fingerprint density at radius 1 is 1.26 bits per heavy atom. The molecule has 3 heterocycles. The molecule has 3 aliphatic rings. The molecular formula is C19H20Cl2N4O2. The van der Waals surface area contributed by atoms with E-state index in [1.54, 1.807) is 18.2 Å². The lowest BCUT2D eigenvalue weighted by atomic mass is 10.2. The molecule has 0 bridgehead atoms. The molecule has 0 aromatic heterocycles. The molecule has 0 spiro atoms. The molecule has 1 saturated heterocycles. The molecule has 1 aromatic rings. The molecule has 3 aliphatic heterocycles. The molecule has 1 fully saturated rings. The zero-order valence-corrected chi connectivity index (χ0v) is 16.1. The number of amides is 1. The molecule has 2 N–H and O–H groups in total. The first-order valence-electron chi connectivity index (χ1n) is 8.81. The molecule has 1 unspecified atom stereocenters. The first-order chi connectivity index (χ1) is 13.1. The number of ether oxygens (including phenoxy) is 1. The van der Waals surface area contributed by atoms with Gasteiger partial charge in [0.25, 0.3) is 5.91 Å². The van der Waals surface area contributed by atoms with E-state index in [1.807, 2.05) is 29.3 Å². The van der Waals surface area contributed by atoms with Gasteiger partial charge < -0.3 is 20.3 Å². The minimum Gasteiger partial charge on any atom is -0.379 e. The van der Waals surface area contributed by atoms with Crippen LogP contribution in [0.15, 0.2) is 54.0 Å². The first kappa shape index (κ1) is 18.4. The van der Waals surface area contributed by atoms with Crippen molar-refractivity contribution in [2.24, 2.45) is 0 Å². The summed E-state index contributed by atoms with van der Waals surface area (Å²) in [4.78, 5) is 17.2. The Hall–Kier alpha value is -1.99. The Morgan fingerprint density at radius 2 is 2.07 bits per heavy atom. The van der Waals surface area contributed by atoms with Crippen LogP contribution in [0.1, 0.15) is 0 Å². The second kappa shape index (κ2) is 7.94. The summed E-state index contributed by atoms with van der Waals surface area (Å²) in [7, 11) is 0. The Kier molecular flexibility index (Phi) is 5.41. The molecule has 1 aromatic carbocycles. The lowest BCUT2D eigenvalue weighted by Crippen LogP contribution is -2.46. The number of anilines is 1. The SMILES string of the molecule is O=C(Nc1cccc(Cl)c1Cl)C1NC(CN2CCOCC2)=C2C=CC=CN21. The van der Waals surface area contributed by atoms with Crippen molar-refractivity contribution in [1.82, 2.24) is 15.1 Å². The molecule has 8 heteroatoms. The van der Waals surface area contributed by atoms with Crippen LogP contribution in [0.5, 0.6) is 0 Å². The number of allylic oxidation sites excluding steroid dienone is 3. The highest BCUT2D eigenvalue weighted by atomic mass is 35.5. The van der Waals surface area contributed by atoms with Gasteiger partial charge in [-0.15, -0.1) is 0 Å². The van der Waals surface area contributed by atoms with Crippen molar-refractivity contribution >= 4 is 34.8 Å². The second-order valence-corrected chi connectivity index (χ2v) is 7.28. The molecule has 6 nitrogen and oxygen atoms in total. The summed E-state index contributed by atoms with van der Waals surface area (Å²) in [5.74, 6) is -0.200. The van der Waals surface area contributed by atoms with Crippen molar-refractivity contribution in [3.05, 3.63) is 64.1 Å². The van der Waals surface area contributed by atoms with Gasteiger partial charge in [-0.3, -0.25) is 9.69 Å². The molecule has 4 rings (SSSR count). The Bertz CT molecular complexity index is 831. The maximum Gasteiger partial charge on any atom is 0.268 e. The van der Waals surface area contributed by atoms with E-state index >= 15 is 0 Å². The number of hydrogen-bond donors (Lipinski definition) is 2. The summed E-state index contributed by atoms with van der Waals surface area (Å²) in [6.07, 6.45) is 7.25.